The van der Waals surface area contributed by atoms with Crippen LogP contribution < -0.4 is 0 Å². The first kappa shape index (κ1) is 11.5. The molecule has 3 aromatic rings. The van der Waals surface area contributed by atoms with E-state index in [1.807, 2.05) is 0 Å². The maximum atomic E-state index is 5.76. The van der Waals surface area contributed by atoms with Gasteiger partial charge in [0.15, 0.2) is 0 Å². The number of aryl methyl sites for hydroxylation is 2. The van der Waals surface area contributed by atoms with Crippen molar-refractivity contribution in [3.63, 3.8) is 0 Å². The van der Waals surface area contributed by atoms with E-state index >= 15 is 0 Å². The second-order valence-corrected chi connectivity index (χ2v) is 4.91. The van der Waals surface area contributed by atoms with Crippen LogP contribution in [0, 0.1) is 0 Å². The molecule has 0 N–H and O–H groups in total. The number of nitrogens with zero attached hydrogens (tertiary/aromatic N) is 2. The highest BCUT2D eigenvalue weighted by atomic mass is 35.5. The van der Waals surface area contributed by atoms with Gasteiger partial charge >= 0.3 is 0 Å². The van der Waals surface area contributed by atoms with Crippen LogP contribution in [0.25, 0.3) is 21.8 Å². The third-order valence-corrected chi connectivity index (χ3v) is 3.65. The smallest absolute Gasteiger partial charge is 0.109 e. The van der Waals surface area contributed by atoms with Crippen molar-refractivity contribution < 1.29 is 0 Å². The van der Waals surface area contributed by atoms with Gasteiger partial charge in [-0.2, -0.15) is 0 Å². The summed E-state index contributed by atoms with van der Waals surface area (Å²) in [6.07, 6.45) is 1.90. The molecule has 0 radical (unpaired) electrons. The van der Waals surface area contributed by atoms with Gasteiger partial charge in [-0.05, 0) is 17.9 Å². The number of hydrogen-bond acceptors (Lipinski definition) is 1. The molecule has 0 amide bonds. The molecule has 0 saturated carbocycles. The van der Waals surface area contributed by atoms with E-state index < -0.39 is 0 Å². The predicted octanol–water partition coefficient (Wildman–Crippen LogP) is 3.90. The molecule has 3 heteroatoms. The minimum atomic E-state index is 0.684. The van der Waals surface area contributed by atoms with E-state index in [1.165, 1.54) is 16.3 Å². The maximum absolute atomic E-state index is 5.76. The Kier molecular flexibility index (Phi) is 2.96. The Hall–Kier alpha value is -1.54. The quantitative estimate of drug-likeness (QED) is 0.652. The third kappa shape index (κ3) is 1.77. The second-order valence-electron chi connectivity index (χ2n) is 4.53. The minimum Gasteiger partial charge on any atom is -0.331 e. The Balaban J connectivity index is 2.26. The highest BCUT2D eigenvalue weighted by Gasteiger charge is 2.09. The molecule has 0 aliphatic heterocycles. The Morgan fingerprint density at radius 1 is 1.17 bits per heavy atom. The van der Waals surface area contributed by atoms with Crippen molar-refractivity contribution >= 4 is 33.4 Å². The number of aromatic nitrogens is 2. The van der Waals surface area contributed by atoms with Gasteiger partial charge in [-0.25, -0.2) is 4.98 Å². The normalized spacial score (nSPS) is 11.4. The van der Waals surface area contributed by atoms with Gasteiger partial charge in [-0.15, -0.1) is 11.6 Å². The largest absolute Gasteiger partial charge is 0.331 e. The third-order valence-electron chi connectivity index (χ3n) is 3.39. The standard InChI is InChI=1S/C15H15ClN2/c1-18-14(7-4-10-16)17-13-9-8-11-5-2-3-6-12(11)15(13)18/h2-3,5-6,8-9H,4,7,10H2,1H3. The number of benzene rings is 2. The van der Waals surface area contributed by atoms with Crippen LogP contribution in [0.5, 0.6) is 0 Å². The van der Waals surface area contributed by atoms with E-state index in [0.717, 1.165) is 24.2 Å². The van der Waals surface area contributed by atoms with Crippen molar-refractivity contribution in [2.24, 2.45) is 7.05 Å². The van der Waals surface area contributed by atoms with Gasteiger partial charge in [0.1, 0.15) is 5.82 Å². The van der Waals surface area contributed by atoms with E-state index in [0.29, 0.717) is 5.88 Å². The van der Waals surface area contributed by atoms with Crippen molar-refractivity contribution in [2.45, 2.75) is 12.8 Å². The molecule has 1 aromatic heterocycles. The van der Waals surface area contributed by atoms with Crippen LogP contribution in [0.2, 0.25) is 0 Å². The van der Waals surface area contributed by atoms with Crippen LogP contribution in [0.3, 0.4) is 0 Å². The maximum Gasteiger partial charge on any atom is 0.109 e. The fourth-order valence-corrected chi connectivity index (χ4v) is 2.61. The van der Waals surface area contributed by atoms with E-state index in [4.69, 9.17) is 16.6 Å². The van der Waals surface area contributed by atoms with E-state index in [9.17, 15) is 0 Å². The van der Waals surface area contributed by atoms with Crippen molar-refractivity contribution in [2.75, 3.05) is 5.88 Å². The summed E-state index contributed by atoms with van der Waals surface area (Å²) < 4.78 is 2.20. The molecule has 0 atom stereocenters. The molecule has 0 unspecified atom stereocenters. The molecule has 0 aliphatic rings. The predicted molar refractivity (Wildman–Crippen MR) is 77.3 cm³/mol. The number of halogens is 1. The van der Waals surface area contributed by atoms with E-state index in [-0.39, 0.29) is 0 Å². The molecule has 0 saturated heterocycles. The van der Waals surface area contributed by atoms with E-state index in [1.54, 1.807) is 0 Å². The summed E-state index contributed by atoms with van der Waals surface area (Å²) in [5, 5.41) is 2.53. The van der Waals surface area contributed by atoms with Crippen molar-refractivity contribution in [3.8, 4) is 0 Å². The molecule has 1 heterocycles. The zero-order valence-corrected chi connectivity index (χ0v) is 11.1. The summed E-state index contributed by atoms with van der Waals surface area (Å²) in [6, 6.07) is 12.7. The summed E-state index contributed by atoms with van der Waals surface area (Å²) in [6.45, 7) is 0. The number of rotatable bonds is 3. The fraction of sp³-hybridized carbons (Fsp3) is 0.267. The first-order valence-corrected chi connectivity index (χ1v) is 6.74. The van der Waals surface area contributed by atoms with Crippen molar-refractivity contribution in [3.05, 3.63) is 42.2 Å². The van der Waals surface area contributed by atoms with E-state index in [2.05, 4.69) is 48.0 Å². The molecule has 2 nitrogen and oxygen atoms in total. The highest BCUT2D eigenvalue weighted by Crippen LogP contribution is 2.25. The average molecular weight is 259 g/mol. The first-order chi connectivity index (χ1) is 8.81. The molecule has 92 valence electrons. The Morgan fingerprint density at radius 2 is 2.00 bits per heavy atom. The lowest BCUT2D eigenvalue weighted by Crippen LogP contribution is -1.98. The summed E-state index contributed by atoms with van der Waals surface area (Å²) in [5.74, 6) is 1.80. The molecular formula is C15H15ClN2. The Bertz CT molecular complexity index is 700. The summed E-state index contributed by atoms with van der Waals surface area (Å²) in [4.78, 5) is 4.70. The van der Waals surface area contributed by atoms with Gasteiger partial charge in [0.2, 0.25) is 0 Å². The number of alkyl halides is 1. The molecule has 18 heavy (non-hydrogen) atoms. The number of imidazole rings is 1. The van der Waals surface area contributed by atoms with Gasteiger partial charge in [-0.1, -0.05) is 30.3 Å². The minimum absolute atomic E-state index is 0.684. The monoisotopic (exact) mass is 258 g/mol. The lowest BCUT2D eigenvalue weighted by molar-refractivity contribution is 0.776. The average Bonchev–Trinajstić information content (AvgIpc) is 2.73. The molecule has 0 spiro atoms. The molecular weight excluding hydrogens is 244 g/mol. The second kappa shape index (κ2) is 4.62. The van der Waals surface area contributed by atoms with Gasteiger partial charge in [-0.3, -0.25) is 0 Å². The Labute approximate surface area is 111 Å². The fourth-order valence-electron chi connectivity index (χ4n) is 2.48. The zero-order valence-electron chi connectivity index (χ0n) is 10.4. The molecule has 0 fully saturated rings. The van der Waals surface area contributed by atoms with Crippen LogP contribution in [-0.2, 0) is 13.5 Å². The lowest BCUT2D eigenvalue weighted by atomic mass is 10.1. The van der Waals surface area contributed by atoms with Crippen LogP contribution in [0.1, 0.15) is 12.2 Å². The first-order valence-electron chi connectivity index (χ1n) is 6.20. The molecule has 0 bridgehead atoms. The van der Waals surface area contributed by atoms with Gasteiger partial charge in [0, 0.05) is 24.7 Å². The lowest BCUT2D eigenvalue weighted by Gasteiger charge is -2.03. The van der Waals surface area contributed by atoms with Crippen LogP contribution >= 0.6 is 11.6 Å². The van der Waals surface area contributed by atoms with Gasteiger partial charge in [0.05, 0.1) is 11.0 Å². The zero-order chi connectivity index (χ0) is 12.5. The molecule has 0 aliphatic carbocycles. The SMILES string of the molecule is Cn1c(CCCCl)nc2ccc3ccccc3c21. The van der Waals surface area contributed by atoms with Gasteiger partial charge in [0.25, 0.3) is 0 Å². The topological polar surface area (TPSA) is 17.8 Å². The van der Waals surface area contributed by atoms with Crippen molar-refractivity contribution in [1.82, 2.24) is 9.55 Å². The summed E-state index contributed by atoms with van der Waals surface area (Å²) in [7, 11) is 2.09. The number of hydrogen-bond donors (Lipinski definition) is 0. The molecule has 2 aromatic carbocycles. The summed E-state index contributed by atoms with van der Waals surface area (Å²) in [5.41, 5.74) is 2.29. The summed E-state index contributed by atoms with van der Waals surface area (Å²) >= 11 is 5.76. The highest BCUT2D eigenvalue weighted by molar-refractivity contribution is 6.17. The van der Waals surface area contributed by atoms with Crippen molar-refractivity contribution in [1.29, 1.82) is 0 Å². The number of fused-ring (bicyclic) bond motifs is 3. The molecule has 3 rings (SSSR count). The van der Waals surface area contributed by atoms with Crippen LogP contribution in [0.4, 0.5) is 0 Å². The van der Waals surface area contributed by atoms with Crippen LogP contribution in [-0.4, -0.2) is 15.4 Å². The van der Waals surface area contributed by atoms with Gasteiger partial charge < -0.3 is 4.57 Å². The van der Waals surface area contributed by atoms with Crippen LogP contribution in [0.15, 0.2) is 36.4 Å². The Morgan fingerprint density at radius 3 is 2.83 bits per heavy atom.